The van der Waals surface area contributed by atoms with E-state index in [9.17, 15) is 4.79 Å². The lowest BCUT2D eigenvalue weighted by Crippen LogP contribution is -2.19. The summed E-state index contributed by atoms with van der Waals surface area (Å²) in [6.07, 6.45) is 4.13. The van der Waals surface area contributed by atoms with Gasteiger partial charge in [-0.2, -0.15) is 0 Å². The molecule has 0 aliphatic heterocycles. The van der Waals surface area contributed by atoms with Gasteiger partial charge in [0.15, 0.2) is 0 Å². The molecule has 0 bridgehead atoms. The Balaban J connectivity index is 1.94. The zero-order valence-electron chi connectivity index (χ0n) is 13.0. The Kier molecular flexibility index (Phi) is 3.63. The van der Waals surface area contributed by atoms with Crippen LogP contribution in [0, 0.1) is 17.3 Å². The zero-order chi connectivity index (χ0) is 14.4. The average molecular weight is 262 g/mol. The first-order valence-electron chi connectivity index (χ1n) is 7.24. The molecule has 2 atom stereocenters. The van der Waals surface area contributed by atoms with E-state index in [0.717, 1.165) is 12.8 Å². The quantitative estimate of drug-likeness (QED) is 0.561. The fourth-order valence-corrected chi connectivity index (χ4v) is 3.22. The highest BCUT2D eigenvalue weighted by Gasteiger charge is 2.61. The van der Waals surface area contributed by atoms with Crippen molar-refractivity contribution in [2.45, 2.75) is 60.5 Å². The Labute approximate surface area is 116 Å². The van der Waals surface area contributed by atoms with Gasteiger partial charge >= 0.3 is 5.97 Å². The molecule has 0 radical (unpaired) electrons. The molecule has 1 fully saturated rings. The fourth-order valence-electron chi connectivity index (χ4n) is 3.22. The molecule has 1 saturated carbocycles. The van der Waals surface area contributed by atoms with Gasteiger partial charge in [-0.25, -0.2) is 0 Å². The second kappa shape index (κ2) is 4.81. The molecule has 0 aromatic rings. The summed E-state index contributed by atoms with van der Waals surface area (Å²) in [5.41, 5.74) is 4.11. The van der Waals surface area contributed by atoms with Crippen LogP contribution in [0.1, 0.15) is 54.4 Å². The number of esters is 1. The lowest BCUT2D eigenvalue weighted by Gasteiger charge is -2.12. The van der Waals surface area contributed by atoms with Gasteiger partial charge in [-0.3, -0.25) is 4.79 Å². The van der Waals surface area contributed by atoms with E-state index in [2.05, 4.69) is 47.6 Å². The van der Waals surface area contributed by atoms with Crippen LogP contribution in [0.3, 0.4) is 0 Å². The standard InChI is InChI=1S/C17H26O2/c1-10(2)7-14-15(17(14,5)6)16(18)19-13-8-11(3)12(4)9-13/h7,13-15H,8-9H2,1-6H3/t14-,15-/m0/s1. The number of carbonyl (C=O) groups is 1. The maximum Gasteiger partial charge on any atom is 0.310 e. The second-order valence-corrected chi connectivity index (χ2v) is 7.10. The smallest absolute Gasteiger partial charge is 0.310 e. The third-order valence-electron chi connectivity index (χ3n) is 4.76. The van der Waals surface area contributed by atoms with E-state index in [-0.39, 0.29) is 23.4 Å². The van der Waals surface area contributed by atoms with Crippen molar-refractivity contribution in [2.24, 2.45) is 17.3 Å². The highest BCUT2D eigenvalue weighted by molar-refractivity contribution is 5.78. The normalized spacial score (nSPS) is 29.4. The van der Waals surface area contributed by atoms with Gasteiger partial charge < -0.3 is 4.74 Å². The van der Waals surface area contributed by atoms with Crippen molar-refractivity contribution in [3.05, 3.63) is 22.8 Å². The summed E-state index contributed by atoms with van der Waals surface area (Å²) in [5, 5.41) is 0. The van der Waals surface area contributed by atoms with Crippen LogP contribution in [0.4, 0.5) is 0 Å². The summed E-state index contributed by atoms with van der Waals surface area (Å²) < 4.78 is 5.71. The average Bonchev–Trinajstić information content (AvgIpc) is 2.62. The van der Waals surface area contributed by atoms with Crippen LogP contribution >= 0.6 is 0 Å². The molecule has 106 valence electrons. The monoisotopic (exact) mass is 262 g/mol. The van der Waals surface area contributed by atoms with Crippen molar-refractivity contribution in [1.82, 2.24) is 0 Å². The van der Waals surface area contributed by atoms with Gasteiger partial charge in [-0.05, 0) is 39.0 Å². The molecule has 2 heteroatoms. The lowest BCUT2D eigenvalue weighted by molar-refractivity contribution is -0.151. The molecule has 0 aromatic carbocycles. The number of carbonyl (C=O) groups excluding carboxylic acids is 1. The molecule has 0 heterocycles. The van der Waals surface area contributed by atoms with E-state index in [0.29, 0.717) is 5.92 Å². The van der Waals surface area contributed by atoms with Crippen LogP contribution in [-0.2, 0) is 9.53 Å². The molecule has 2 rings (SSSR count). The van der Waals surface area contributed by atoms with Crippen LogP contribution in [0.15, 0.2) is 22.8 Å². The lowest BCUT2D eigenvalue weighted by atomic mass is 10.1. The molecule has 2 nitrogen and oxygen atoms in total. The summed E-state index contributed by atoms with van der Waals surface area (Å²) in [7, 11) is 0. The number of hydrogen-bond donors (Lipinski definition) is 0. The Morgan fingerprint density at radius 2 is 1.74 bits per heavy atom. The van der Waals surface area contributed by atoms with Crippen molar-refractivity contribution in [2.75, 3.05) is 0 Å². The van der Waals surface area contributed by atoms with E-state index in [4.69, 9.17) is 4.74 Å². The summed E-state index contributed by atoms with van der Waals surface area (Å²) in [4.78, 5) is 12.3. The molecule has 0 amide bonds. The Hall–Kier alpha value is -1.05. The third-order valence-corrected chi connectivity index (χ3v) is 4.76. The van der Waals surface area contributed by atoms with E-state index in [1.807, 2.05) is 0 Å². The maximum atomic E-state index is 12.3. The summed E-state index contributed by atoms with van der Waals surface area (Å²) >= 11 is 0. The van der Waals surface area contributed by atoms with Gasteiger partial charge in [0.2, 0.25) is 0 Å². The van der Waals surface area contributed by atoms with Gasteiger partial charge in [-0.15, -0.1) is 0 Å². The molecule has 0 N–H and O–H groups in total. The van der Waals surface area contributed by atoms with E-state index >= 15 is 0 Å². The van der Waals surface area contributed by atoms with Crippen LogP contribution in [-0.4, -0.2) is 12.1 Å². The molecule has 2 aliphatic rings. The SMILES string of the molecule is CC(C)=C[C@H]1[C@@H](C(=O)OC2CC(C)=C(C)C2)C1(C)C. The first-order chi connectivity index (χ1) is 8.73. The minimum absolute atomic E-state index is 0.000000000000000444. The third kappa shape index (κ3) is 2.77. The zero-order valence-corrected chi connectivity index (χ0v) is 13.0. The topological polar surface area (TPSA) is 26.3 Å². The van der Waals surface area contributed by atoms with E-state index in [1.165, 1.54) is 16.7 Å². The molecule has 19 heavy (non-hydrogen) atoms. The first kappa shape index (κ1) is 14.4. The Morgan fingerprint density at radius 3 is 2.21 bits per heavy atom. The summed E-state index contributed by atoms with van der Waals surface area (Å²) in [6, 6.07) is 0. The minimum atomic E-state index is 0.000000000000000444. The molecule has 0 unspecified atom stereocenters. The Morgan fingerprint density at radius 1 is 1.21 bits per heavy atom. The predicted molar refractivity (Wildman–Crippen MR) is 77.7 cm³/mol. The van der Waals surface area contributed by atoms with Crippen LogP contribution in [0.5, 0.6) is 0 Å². The molecule has 0 saturated heterocycles. The summed E-state index contributed by atoms with van der Waals surface area (Å²) in [5.74, 6) is 0.394. The van der Waals surface area contributed by atoms with Gasteiger partial charge in [0, 0.05) is 12.8 Å². The van der Waals surface area contributed by atoms with E-state index < -0.39 is 0 Å². The van der Waals surface area contributed by atoms with Gasteiger partial charge in [-0.1, -0.05) is 36.6 Å². The predicted octanol–water partition coefficient (Wildman–Crippen LogP) is 4.27. The van der Waals surface area contributed by atoms with E-state index in [1.54, 1.807) is 0 Å². The second-order valence-electron chi connectivity index (χ2n) is 7.10. The molecular formula is C17H26O2. The molecule has 0 aromatic heterocycles. The van der Waals surface area contributed by atoms with Gasteiger partial charge in [0.05, 0.1) is 5.92 Å². The van der Waals surface area contributed by atoms with Crippen molar-refractivity contribution in [1.29, 1.82) is 0 Å². The number of ether oxygens (including phenoxy) is 1. The van der Waals surface area contributed by atoms with Crippen molar-refractivity contribution < 1.29 is 9.53 Å². The van der Waals surface area contributed by atoms with Crippen molar-refractivity contribution in [3.63, 3.8) is 0 Å². The van der Waals surface area contributed by atoms with Gasteiger partial charge in [0.1, 0.15) is 6.10 Å². The largest absolute Gasteiger partial charge is 0.461 e. The summed E-state index contributed by atoms with van der Waals surface area (Å²) in [6.45, 7) is 12.8. The number of hydrogen-bond acceptors (Lipinski definition) is 2. The molecule has 2 aliphatic carbocycles. The van der Waals surface area contributed by atoms with Crippen LogP contribution < -0.4 is 0 Å². The Bertz CT molecular complexity index is 436. The minimum Gasteiger partial charge on any atom is -0.461 e. The molecular weight excluding hydrogens is 236 g/mol. The van der Waals surface area contributed by atoms with Crippen LogP contribution in [0.25, 0.3) is 0 Å². The number of rotatable bonds is 3. The first-order valence-corrected chi connectivity index (χ1v) is 7.24. The maximum absolute atomic E-state index is 12.3. The van der Waals surface area contributed by atoms with Gasteiger partial charge in [0.25, 0.3) is 0 Å². The molecule has 0 spiro atoms. The highest BCUT2D eigenvalue weighted by atomic mass is 16.5. The van der Waals surface area contributed by atoms with Crippen molar-refractivity contribution in [3.8, 4) is 0 Å². The number of allylic oxidation sites excluding steroid dienone is 2. The van der Waals surface area contributed by atoms with Crippen molar-refractivity contribution >= 4 is 5.97 Å². The van der Waals surface area contributed by atoms with Crippen LogP contribution in [0.2, 0.25) is 0 Å². The highest BCUT2D eigenvalue weighted by Crippen LogP contribution is 2.60. The fraction of sp³-hybridized carbons (Fsp3) is 0.706.